The van der Waals surface area contributed by atoms with E-state index in [4.69, 9.17) is 11.6 Å². The fourth-order valence-corrected chi connectivity index (χ4v) is 3.51. The molecule has 0 aliphatic rings. The summed E-state index contributed by atoms with van der Waals surface area (Å²) in [6.07, 6.45) is 0. The SMILES string of the molecule is O=[N+]([O-])c1cc([N+](=O)[O-])c(S(=O)(=O)c2ccccc2)cc1Cl. The summed E-state index contributed by atoms with van der Waals surface area (Å²) < 4.78 is 24.9. The predicted molar refractivity (Wildman–Crippen MR) is 76.7 cm³/mol. The van der Waals surface area contributed by atoms with Crippen LogP contribution in [0.1, 0.15) is 0 Å². The molecule has 2 rings (SSSR count). The first-order valence-corrected chi connectivity index (χ1v) is 7.53. The molecule has 0 unspecified atom stereocenters. The number of halogens is 1. The lowest BCUT2D eigenvalue weighted by Crippen LogP contribution is -2.06. The first-order valence-electron chi connectivity index (χ1n) is 5.67. The smallest absolute Gasteiger partial charge is 0.258 e. The maximum absolute atomic E-state index is 12.5. The Hall–Kier alpha value is -2.52. The van der Waals surface area contributed by atoms with E-state index in [0.717, 1.165) is 6.07 Å². The van der Waals surface area contributed by atoms with E-state index in [1.165, 1.54) is 24.3 Å². The standard InChI is InChI=1S/C12H7ClN2O6S/c13-9-6-12(11(15(18)19)7-10(9)14(16)17)22(20,21)8-4-2-1-3-5-8/h1-7H. The van der Waals surface area contributed by atoms with E-state index < -0.39 is 41.0 Å². The van der Waals surface area contributed by atoms with E-state index in [1.54, 1.807) is 6.07 Å². The summed E-state index contributed by atoms with van der Waals surface area (Å²) in [5, 5.41) is 21.3. The lowest BCUT2D eigenvalue weighted by molar-refractivity contribution is -0.396. The highest BCUT2D eigenvalue weighted by atomic mass is 35.5. The van der Waals surface area contributed by atoms with Gasteiger partial charge in [-0.25, -0.2) is 8.42 Å². The summed E-state index contributed by atoms with van der Waals surface area (Å²) in [5.74, 6) is 0. The number of nitro benzene ring substituents is 2. The first kappa shape index (κ1) is 15.9. The number of nitrogens with zero attached hydrogens (tertiary/aromatic N) is 2. The summed E-state index contributed by atoms with van der Waals surface area (Å²) in [5.41, 5.74) is -1.64. The highest BCUT2D eigenvalue weighted by molar-refractivity contribution is 7.91. The van der Waals surface area contributed by atoms with E-state index in [1.807, 2.05) is 0 Å². The molecule has 0 heterocycles. The molecular formula is C12H7ClN2O6S. The van der Waals surface area contributed by atoms with Crippen LogP contribution in [0.4, 0.5) is 11.4 Å². The van der Waals surface area contributed by atoms with Crippen molar-refractivity contribution in [2.75, 3.05) is 0 Å². The zero-order chi connectivity index (χ0) is 16.5. The molecule has 2 aromatic carbocycles. The summed E-state index contributed by atoms with van der Waals surface area (Å²) >= 11 is 5.67. The third-order valence-electron chi connectivity index (χ3n) is 2.76. The van der Waals surface area contributed by atoms with Gasteiger partial charge >= 0.3 is 0 Å². The van der Waals surface area contributed by atoms with Gasteiger partial charge in [0.05, 0.1) is 20.8 Å². The van der Waals surface area contributed by atoms with Gasteiger partial charge in [-0.1, -0.05) is 29.8 Å². The highest BCUT2D eigenvalue weighted by Crippen LogP contribution is 2.37. The molecule has 8 nitrogen and oxygen atoms in total. The van der Waals surface area contributed by atoms with Gasteiger partial charge in [0.25, 0.3) is 11.4 Å². The van der Waals surface area contributed by atoms with Gasteiger partial charge in [0, 0.05) is 0 Å². The van der Waals surface area contributed by atoms with Crippen LogP contribution < -0.4 is 0 Å². The van der Waals surface area contributed by atoms with Gasteiger partial charge < -0.3 is 0 Å². The molecule has 0 aromatic heterocycles. The van der Waals surface area contributed by atoms with Crippen molar-refractivity contribution in [3.05, 3.63) is 67.7 Å². The van der Waals surface area contributed by atoms with Crippen molar-refractivity contribution >= 4 is 32.8 Å². The molecule has 0 fully saturated rings. The van der Waals surface area contributed by atoms with Crippen molar-refractivity contribution in [2.45, 2.75) is 9.79 Å². The Morgan fingerprint density at radius 2 is 1.45 bits per heavy atom. The van der Waals surface area contributed by atoms with Crippen molar-refractivity contribution in [1.29, 1.82) is 0 Å². The minimum absolute atomic E-state index is 0.178. The van der Waals surface area contributed by atoms with Crippen molar-refractivity contribution in [2.24, 2.45) is 0 Å². The number of sulfone groups is 1. The molecule has 0 N–H and O–H groups in total. The predicted octanol–water partition coefficient (Wildman–Crippen LogP) is 2.99. The highest BCUT2D eigenvalue weighted by Gasteiger charge is 2.32. The van der Waals surface area contributed by atoms with Crippen LogP contribution in [0, 0.1) is 20.2 Å². The van der Waals surface area contributed by atoms with Crippen LogP contribution in [0.25, 0.3) is 0 Å². The second-order valence-corrected chi connectivity index (χ2v) is 6.43. The average molecular weight is 343 g/mol. The first-order chi connectivity index (χ1) is 10.2. The van der Waals surface area contributed by atoms with Gasteiger partial charge in [0.1, 0.15) is 5.02 Å². The Kier molecular flexibility index (Phi) is 4.11. The van der Waals surface area contributed by atoms with Gasteiger partial charge in [0.2, 0.25) is 9.84 Å². The van der Waals surface area contributed by atoms with E-state index in [2.05, 4.69) is 0 Å². The van der Waals surface area contributed by atoms with Gasteiger partial charge in [-0.3, -0.25) is 20.2 Å². The summed E-state index contributed by atoms with van der Waals surface area (Å²) in [4.78, 5) is 19.0. The maximum Gasteiger partial charge on any atom is 0.295 e. The van der Waals surface area contributed by atoms with Crippen molar-refractivity contribution in [1.82, 2.24) is 0 Å². The Bertz CT molecular complexity index is 867. The quantitative estimate of drug-likeness (QED) is 0.622. The van der Waals surface area contributed by atoms with E-state index in [9.17, 15) is 28.6 Å². The van der Waals surface area contributed by atoms with E-state index in [-0.39, 0.29) is 4.90 Å². The zero-order valence-corrected chi connectivity index (χ0v) is 12.2. The van der Waals surface area contributed by atoms with Gasteiger partial charge in [0.15, 0.2) is 4.90 Å². The Balaban J connectivity index is 2.78. The van der Waals surface area contributed by atoms with Crippen LogP contribution >= 0.6 is 11.6 Å². The Morgan fingerprint density at radius 3 is 1.95 bits per heavy atom. The van der Waals surface area contributed by atoms with Crippen molar-refractivity contribution in [3.63, 3.8) is 0 Å². The van der Waals surface area contributed by atoms with E-state index >= 15 is 0 Å². The molecule has 2 aromatic rings. The minimum Gasteiger partial charge on any atom is -0.258 e. The van der Waals surface area contributed by atoms with Gasteiger partial charge in [-0.15, -0.1) is 0 Å². The Morgan fingerprint density at radius 1 is 0.909 bits per heavy atom. The third kappa shape index (κ3) is 2.76. The van der Waals surface area contributed by atoms with Crippen LogP contribution in [0.5, 0.6) is 0 Å². The molecule has 0 saturated carbocycles. The molecule has 0 aliphatic heterocycles. The van der Waals surface area contributed by atoms with Crippen LogP contribution in [-0.2, 0) is 9.84 Å². The molecule has 0 aliphatic carbocycles. The molecule has 114 valence electrons. The molecule has 0 spiro atoms. The second kappa shape index (κ2) is 5.70. The molecule has 22 heavy (non-hydrogen) atoms. The molecule has 0 saturated heterocycles. The minimum atomic E-state index is -4.23. The summed E-state index contributed by atoms with van der Waals surface area (Å²) in [6, 6.07) is 8.26. The number of hydrogen-bond acceptors (Lipinski definition) is 6. The number of nitro groups is 2. The fourth-order valence-electron chi connectivity index (χ4n) is 1.76. The molecule has 0 bridgehead atoms. The van der Waals surface area contributed by atoms with Crippen LogP contribution in [-0.4, -0.2) is 18.3 Å². The summed E-state index contributed by atoms with van der Waals surface area (Å²) in [6.45, 7) is 0. The Labute approximate surface area is 129 Å². The monoisotopic (exact) mass is 342 g/mol. The normalized spacial score (nSPS) is 11.1. The average Bonchev–Trinajstić information content (AvgIpc) is 2.47. The third-order valence-corrected chi connectivity index (χ3v) is 4.87. The molecule has 0 atom stereocenters. The van der Waals surface area contributed by atoms with Gasteiger partial charge in [-0.2, -0.15) is 0 Å². The molecule has 0 amide bonds. The van der Waals surface area contributed by atoms with Crippen LogP contribution in [0.15, 0.2) is 52.3 Å². The maximum atomic E-state index is 12.5. The fraction of sp³-hybridized carbons (Fsp3) is 0. The largest absolute Gasteiger partial charge is 0.295 e. The summed E-state index contributed by atoms with van der Waals surface area (Å²) in [7, 11) is -4.23. The van der Waals surface area contributed by atoms with Gasteiger partial charge in [-0.05, 0) is 18.2 Å². The lowest BCUT2D eigenvalue weighted by atomic mass is 10.3. The molecule has 0 radical (unpaired) electrons. The van der Waals surface area contributed by atoms with Crippen LogP contribution in [0.3, 0.4) is 0 Å². The van der Waals surface area contributed by atoms with Crippen molar-refractivity contribution in [3.8, 4) is 0 Å². The number of rotatable bonds is 4. The zero-order valence-electron chi connectivity index (χ0n) is 10.7. The number of hydrogen-bond donors (Lipinski definition) is 0. The van der Waals surface area contributed by atoms with E-state index in [0.29, 0.717) is 6.07 Å². The lowest BCUT2D eigenvalue weighted by Gasteiger charge is -2.06. The second-order valence-electron chi connectivity index (χ2n) is 4.10. The molecular weight excluding hydrogens is 336 g/mol. The van der Waals surface area contributed by atoms with Crippen molar-refractivity contribution < 1.29 is 18.3 Å². The van der Waals surface area contributed by atoms with Crippen LogP contribution in [0.2, 0.25) is 5.02 Å². The topological polar surface area (TPSA) is 120 Å². The number of benzene rings is 2. The molecule has 10 heteroatoms.